The number of nitrogens with zero attached hydrogens (tertiary/aromatic N) is 5. The highest BCUT2D eigenvalue weighted by molar-refractivity contribution is 5.92. The van der Waals surface area contributed by atoms with Crippen molar-refractivity contribution in [2.75, 3.05) is 6.54 Å². The first-order chi connectivity index (χ1) is 13.5. The average molecular weight is 379 g/mol. The van der Waals surface area contributed by atoms with Crippen molar-refractivity contribution < 1.29 is 9.32 Å². The van der Waals surface area contributed by atoms with Crippen LogP contribution in [0.3, 0.4) is 0 Å². The zero-order valence-corrected chi connectivity index (χ0v) is 16.5. The molecule has 1 aliphatic rings. The number of aromatic nitrogens is 4. The van der Waals surface area contributed by atoms with Crippen molar-refractivity contribution >= 4 is 5.91 Å². The maximum atomic E-state index is 13.2. The maximum Gasteiger partial charge on any atom is 0.293 e. The molecule has 146 valence electrons. The van der Waals surface area contributed by atoms with Crippen molar-refractivity contribution in [2.45, 2.75) is 45.1 Å². The fourth-order valence-electron chi connectivity index (χ4n) is 3.77. The highest BCUT2D eigenvalue weighted by Gasteiger charge is 2.34. The molecule has 1 amide bonds. The van der Waals surface area contributed by atoms with Crippen LogP contribution in [0.2, 0.25) is 0 Å². The fourth-order valence-corrected chi connectivity index (χ4v) is 3.77. The molecule has 28 heavy (non-hydrogen) atoms. The molecule has 0 spiro atoms. The van der Waals surface area contributed by atoms with E-state index in [-0.39, 0.29) is 17.9 Å². The molecule has 1 saturated heterocycles. The molecule has 3 aromatic rings. The predicted octanol–water partition coefficient (Wildman–Crippen LogP) is 3.96. The van der Waals surface area contributed by atoms with Gasteiger partial charge in [-0.15, -0.1) is 0 Å². The van der Waals surface area contributed by atoms with Crippen LogP contribution in [0.25, 0.3) is 11.1 Å². The van der Waals surface area contributed by atoms with Gasteiger partial charge < -0.3 is 9.42 Å². The summed E-state index contributed by atoms with van der Waals surface area (Å²) < 4.78 is 7.18. The van der Waals surface area contributed by atoms with Gasteiger partial charge in [0.15, 0.2) is 0 Å². The second-order valence-electron chi connectivity index (χ2n) is 7.62. The van der Waals surface area contributed by atoms with E-state index in [0.29, 0.717) is 12.3 Å². The van der Waals surface area contributed by atoms with Crippen LogP contribution in [0.5, 0.6) is 0 Å². The molecule has 7 nitrogen and oxygen atoms in total. The molecular weight excluding hydrogens is 354 g/mol. The number of aryl methyl sites for hydroxylation is 1. The predicted molar refractivity (Wildman–Crippen MR) is 105 cm³/mol. The minimum Gasteiger partial charge on any atom is -0.351 e. The van der Waals surface area contributed by atoms with E-state index in [0.717, 1.165) is 41.8 Å². The highest BCUT2D eigenvalue weighted by Crippen LogP contribution is 2.36. The van der Waals surface area contributed by atoms with Gasteiger partial charge in [0.1, 0.15) is 0 Å². The Labute approximate surface area is 164 Å². The van der Waals surface area contributed by atoms with E-state index < -0.39 is 0 Å². The number of amides is 1. The largest absolute Gasteiger partial charge is 0.351 e. The van der Waals surface area contributed by atoms with E-state index in [1.165, 1.54) is 0 Å². The summed E-state index contributed by atoms with van der Waals surface area (Å²) in [5.74, 6) is 0.406. The topological polar surface area (TPSA) is 77.0 Å². The fraction of sp³-hybridized carbons (Fsp3) is 0.429. The van der Waals surface area contributed by atoms with Crippen molar-refractivity contribution in [1.82, 2.24) is 24.8 Å². The number of carbonyl (C=O) groups is 1. The summed E-state index contributed by atoms with van der Waals surface area (Å²) in [6.07, 6.45) is 8.48. The Morgan fingerprint density at radius 2 is 2.04 bits per heavy atom. The third kappa shape index (κ3) is 3.44. The van der Waals surface area contributed by atoms with Gasteiger partial charge in [-0.2, -0.15) is 5.10 Å². The average Bonchev–Trinajstić information content (AvgIpc) is 3.35. The molecule has 1 atom stereocenters. The third-order valence-corrected chi connectivity index (χ3v) is 5.26. The standard InChI is InChI=1S/C21H25N5O2/c1-14(2)17-12-19(28-24-17)21(27)26-11-5-4-6-18(26)20-16(13-25(3)23-20)15-7-9-22-10-8-15/h7-10,12-14,18H,4-6,11H2,1-3H3/t18-/m0/s1. The van der Waals surface area contributed by atoms with Gasteiger partial charge in [-0.3, -0.25) is 14.5 Å². The van der Waals surface area contributed by atoms with Gasteiger partial charge in [-0.1, -0.05) is 19.0 Å². The Kier molecular flexibility index (Phi) is 4.98. The van der Waals surface area contributed by atoms with Crippen LogP contribution in [0, 0.1) is 0 Å². The van der Waals surface area contributed by atoms with Crippen LogP contribution in [-0.4, -0.2) is 37.3 Å². The van der Waals surface area contributed by atoms with Gasteiger partial charge in [-0.25, -0.2) is 0 Å². The second kappa shape index (κ2) is 7.58. The van der Waals surface area contributed by atoms with Crippen molar-refractivity contribution in [1.29, 1.82) is 0 Å². The smallest absolute Gasteiger partial charge is 0.293 e. The number of piperidine rings is 1. The Balaban J connectivity index is 1.69. The number of hydrogen-bond donors (Lipinski definition) is 0. The van der Waals surface area contributed by atoms with E-state index in [4.69, 9.17) is 9.62 Å². The number of hydrogen-bond acceptors (Lipinski definition) is 5. The summed E-state index contributed by atoms with van der Waals surface area (Å²) in [6, 6.07) is 5.63. The molecule has 0 radical (unpaired) electrons. The zero-order valence-electron chi connectivity index (χ0n) is 16.5. The summed E-state index contributed by atoms with van der Waals surface area (Å²) in [5.41, 5.74) is 3.81. The first kappa shape index (κ1) is 18.4. The van der Waals surface area contributed by atoms with Gasteiger partial charge in [0, 0.05) is 43.8 Å². The van der Waals surface area contributed by atoms with Crippen LogP contribution in [0.1, 0.15) is 67.0 Å². The highest BCUT2D eigenvalue weighted by atomic mass is 16.5. The molecule has 1 aliphatic heterocycles. The van der Waals surface area contributed by atoms with E-state index in [1.807, 2.05) is 48.8 Å². The minimum atomic E-state index is -0.115. The van der Waals surface area contributed by atoms with Crippen LogP contribution >= 0.6 is 0 Å². The van der Waals surface area contributed by atoms with Crippen molar-refractivity contribution in [2.24, 2.45) is 7.05 Å². The van der Waals surface area contributed by atoms with Crippen LogP contribution < -0.4 is 0 Å². The Morgan fingerprint density at radius 3 is 2.75 bits per heavy atom. The van der Waals surface area contributed by atoms with Crippen molar-refractivity contribution in [3.8, 4) is 11.1 Å². The van der Waals surface area contributed by atoms with Crippen LogP contribution in [0.15, 0.2) is 41.3 Å². The third-order valence-electron chi connectivity index (χ3n) is 5.26. The molecule has 7 heteroatoms. The van der Waals surface area contributed by atoms with E-state index >= 15 is 0 Å². The lowest BCUT2D eigenvalue weighted by Crippen LogP contribution is -2.38. The first-order valence-electron chi connectivity index (χ1n) is 9.76. The first-order valence-corrected chi connectivity index (χ1v) is 9.76. The van der Waals surface area contributed by atoms with Gasteiger partial charge in [0.25, 0.3) is 5.91 Å². The Morgan fingerprint density at radius 1 is 1.25 bits per heavy atom. The zero-order chi connectivity index (χ0) is 19.7. The normalized spacial score (nSPS) is 17.3. The molecule has 3 aromatic heterocycles. The molecule has 0 bridgehead atoms. The molecule has 4 rings (SSSR count). The number of rotatable bonds is 4. The van der Waals surface area contributed by atoms with E-state index in [9.17, 15) is 4.79 Å². The van der Waals surface area contributed by atoms with Crippen molar-refractivity contribution in [3.63, 3.8) is 0 Å². The molecule has 0 aliphatic carbocycles. The van der Waals surface area contributed by atoms with Gasteiger partial charge >= 0.3 is 0 Å². The maximum absolute atomic E-state index is 13.2. The summed E-state index contributed by atoms with van der Waals surface area (Å²) >= 11 is 0. The molecule has 0 unspecified atom stereocenters. The van der Waals surface area contributed by atoms with Gasteiger partial charge in [-0.05, 0) is 42.9 Å². The molecule has 4 heterocycles. The SMILES string of the molecule is CC(C)c1cc(C(=O)N2CCCC[C@H]2c2nn(C)cc2-c2ccncc2)on1. The molecule has 0 aromatic carbocycles. The van der Waals surface area contributed by atoms with Crippen LogP contribution in [0.4, 0.5) is 0 Å². The number of likely N-dealkylation sites (tertiary alicyclic amines) is 1. The molecule has 0 saturated carbocycles. The molecule has 0 N–H and O–H groups in total. The monoisotopic (exact) mass is 379 g/mol. The summed E-state index contributed by atoms with van der Waals surface area (Å²) in [6.45, 7) is 4.75. The Hall–Kier alpha value is -2.96. The summed E-state index contributed by atoms with van der Waals surface area (Å²) in [5, 5.41) is 8.78. The summed E-state index contributed by atoms with van der Waals surface area (Å²) in [4.78, 5) is 19.2. The summed E-state index contributed by atoms with van der Waals surface area (Å²) in [7, 11) is 1.91. The quantitative estimate of drug-likeness (QED) is 0.686. The minimum absolute atomic E-state index is 0.0850. The lowest BCUT2D eigenvalue weighted by atomic mass is 9.94. The molecule has 1 fully saturated rings. The van der Waals surface area contributed by atoms with E-state index in [2.05, 4.69) is 10.1 Å². The van der Waals surface area contributed by atoms with Crippen molar-refractivity contribution in [3.05, 3.63) is 53.9 Å². The van der Waals surface area contributed by atoms with Gasteiger partial charge in [0.2, 0.25) is 5.76 Å². The van der Waals surface area contributed by atoms with E-state index in [1.54, 1.807) is 18.5 Å². The van der Waals surface area contributed by atoms with Crippen LogP contribution in [-0.2, 0) is 7.05 Å². The lowest BCUT2D eigenvalue weighted by Gasteiger charge is -2.34. The Bertz CT molecular complexity index is 960. The lowest BCUT2D eigenvalue weighted by molar-refractivity contribution is 0.0563. The molecular formula is C21H25N5O2. The van der Waals surface area contributed by atoms with Gasteiger partial charge in [0.05, 0.1) is 17.4 Å². The second-order valence-corrected chi connectivity index (χ2v) is 7.62. The number of pyridine rings is 1. The number of carbonyl (C=O) groups excluding carboxylic acids is 1.